The molecule has 2 atom stereocenters. The summed E-state index contributed by atoms with van der Waals surface area (Å²) in [5, 5.41) is 13.9. The molecule has 2 aromatic rings. The average Bonchev–Trinajstić information content (AvgIpc) is 2.49. The lowest BCUT2D eigenvalue weighted by Gasteiger charge is -2.34. The first kappa shape index (κ1) is 14.8. The predicted molar refractivity (Wildman–Crippen MR) is 86.9 cm³/mol. The zero-order chi connectivity index (χ0) is 15.7. The molecular weight excluding hydrogens is 278 g/mol. The van der Waals surface area contributed by atoms with Gasteiger partial charge in [-0.15, -0.1) is 0 Å². The summed E-state index contributed by atoms with van der Waals surface area (Å²) in [6.45, 7) is 5.05. The van der Waals surface area contributed by atoms with E-state index in [9.17, 15) is 9.90 Å². The van der Waals surface area contributed by atoms with Gasteiger partial charge in [0.1, 0.15) is 0 Å². The van der Waals surface area contributed by atoms with Crippen LogP contribution in [-0.2, 0) is 0 Å². The molecule has 0 saturated carbocycles. The first-order valence-electron chi connectivity index (χ1n) is 7.64. The number of nitrogens with zero attached hydrogens (tertiary/aromatic N) is 2. The Morgan fingerprint density at radius 3 is 3.05 bits per heavy atom. The number of fused-ring (bicyclic) bond motifs is 1. The quantitative estimate of drug-likeness (QED) is 0.851. The van der Waals surface area contributed by atoms with Crippen molar-refractivity contribution in [2.24, 2.45) is 5.92 Å². The van der Waals surface area contributed by atoms with E-state index in [0.717, 1.165) is 22.9 Å². The van der Waals surface area contributed by atoms with E-state index >= 15 is 0 Å². The smallest absolute Gasteiger partial charge is 0.321 e. The third kappa shape index (κ3) is 2.90. The number of aromatic nitrogens is 1. The lowest BCUT2D eigenvalue weighted by molar-refractivity contribution is 0.0464. The van der Waals surface area contributed by atoms with Crippen LogP contribution in [0.1, 0.15) is 18.9 Å². The van der Waals surface area contributed by atoms with E-state index < -0.39 is 6.10 Å². The molecule has 2 heterocycles. The van der Waals surface area contributed by atoms with Gasteiger partial charge in [0.15, 0.2) is 0 Å². The van der Waals surface area contributed by atoms with Crippen LogP contribution in [0.25, 0.3) is 10.9 Å². The van der Waals surface area contributed by atoms with Crippen molar-refractivity contribution in [1.82, 2.24) is 9.88 Å². The maximum absolute atomic E-state index is 12.5. The Balaban J connectivity index is 1.82. The molecule has 2 unspecified atom stereocenters. The highest BCUT2D eigenvalue weighted by molar-refractivity contribution is 6.00. The number of nitrogens with one attached hydrogen (secondary N) is 1. The van der Waals surface area contributed by atoms with E-state index in [4.69, 9.17) is 0 Å². The monoisotopic (exact) mass is 299 g/mol. The molecule has 1 aliphatic heterocycles. The summed E-state index contributed by atoms with van der Waals surface area (Å²) < 4.78 is 0. The molecule has 0 bridgehead atoms. The number of rotatable bonds is 1. The van der Waals surface area contributed by atoms with E-state index in [0.29, 0.717) is 18.8 Å². The number of piperidine rings is 1. The fourth-order valence-electron chi connectivity index (χ4n) is 2.87. The second-order valence-corrected chi connectivity index (χ2v) is 6.10. The summed E-state index contributed by atoms with van der Waals surface area (Å²) in [6, 6.07) is 7.66. The summed E-state index contributed by atoms with van der Waals surface area (Å²) in [5.41, 5.74) is 2.57. The van der Waals surface area contributed by atoms with Gasteiger partial charge in [-0.25, -0.2) is 4.79 Å². The summed E-state index contributed by atoms with van der Waals surface area (Å²) in [7, 11) is 0. The molecular formula is C17H21N3O2. The Labute approximate surface area is 130 Å². The van der Waals surface area contributed by atoms with Crippen molar-refractivity contribution in [2.75, 3.05) is 18.4 Å². The molecule has 5 heteroatoms. The van der Waals surface area contributed by atoms with Crippen LogP contribution < -0.4 is 5.32 Å². The van der Waals surface area contributed by atoms with Gasteiger partial charge in [0, 0.05) is 24.7 Å². The van der Waals surface area contributed by atoms with Crippen LogP contribution in [-0.4, -0.2) is 40.2 Å². The Hall–Kier alpha value is -2.14. The largest absolute Gasteiger partial charge is 0.391 e. The molecule has 1 saturated heterocycles. The van der Waals surface area contributed by atoms with Crippen LogP contribution in [0.15, 0.2) is 30.5 Å². The molecule has 1 aromatic carbocycles. The van der Waals surface area contributed by atoms with Crippen LogP contribution in [0.2, 0.25) is 0 Å². The van der Waals surface area contributed by atoms with Gasteiger partial charge in [0.25, 0.3) is 0 Å². The molecule has 116 valence electrons. The van der Waals surface area contributed by atoms with Gasteiger partial charge in [0.05, 0.1) is 17.3 Å². The molecule has 3 rings (SSSR count). The number of hydrogen-bond acceptors (Lipinski definition) is 3. The van der Waals surface area contributed by atoms with Crippen molar-refractivity contribution in [3.63, 3.8) is 0 Å². The van der Waals surface area contributed by atoms with Crippen LogP contribution in [0.3, 0.4) is 0 Å². The van der Waals surface area contributed by atoms with Gasteiger partial charge in [-0.2, -0.15) is 0 Å². The second kappa shape index (κ2) is 5.93. The van der Waals surface area contributed by atoms with E-state index in [1.807, 2.05) is 38.1 Å². The fourth-order valence-corrected chi connectivity index (χ4v) is 2.87. The number of aliphatic hydroxyl groups excluding tert-OH is 1. The lowest BCUT2D eigenvalue weighted by atomic mass is 9.96. The number of likely N-dealkylation sites (tertiary alicyclic amines) is 1. The van der Waals surface area contributed by atoms with Gasteiger partial charge in [-0.3, -0.25) is 4.98 Å². The number of amides is 2. The molecule has 1 fully saturated rings. The van der Waals surface area contributed by atoms with Crippen molar-refractivity contribution in [3.8, 4) is 0 Å². The summed E-state index contributed by atoms with van der Waals surface area (Å²) in [6.07, 6.45) is 2.09. The van der Waals surface area contributed by atoms with Crippen LogP contribution >= 0.6 is 0 Å². The Morgan fingerprint density at radius 1 is 1.45 bits per heavy atom. The number of aliphatic hydroxyl groups is 1. The Kier molecular flexibility index (Phi) is 3.98. The number of anilines is 1. The third-order valence-corrected chi connectivity index (χ3v) is 4.30. The van der Waals surface area contributed by atoms with Gasteiger partial charge < -0.3 is 15.3 Å². The fraction of sp³-hybridized carbons (Fsp3) is 0.412. The minimum absolute atomic E-state index is 0.177. The maximum Gasteiger partial charge on any atom is 0.321 e. The molecule has 1 aliphatic rings. The van der Waals surface area contributed by atoms with Crippen molar-refractivity contribution in [2.45, 2.75) is 26.4 Å². The Morgan fingerprint density at radius 2 is 2.27 bits per heavy atom. The van der Waals surface area contributed by atoms with Crippen molar-refractivity contribution in [3.05, 3.63) is 36.0 Å². The average molecular weight is 299 g/mol. The highest BCUT2D eigenvalue weighted by Gasteiger charge is 2.27. The number of pyridine rings is 1. The molecule has 2 amide bonds. The zero-order valence-electron chi connectivity index (χ0n) is 12.9. The second-order valence-electron chi connectivity index (χ2n) is 6.10. The summed E-state index contributed by atoms with van der Waals surface area (Å²) in [5.74, 6) is 0.241. The van der Waals surface area contributed by atoms with Gasteiger partial charge in [0.2, 0.25) is 0 Å². The number of aryl methyl sites for hydroxylation is 1. The minimum Gasteiger partial charge on any atom is -0.391 e. The minimum atomic E-state index is -0.452. The molecule has 0 spiro atoms. The third-order valence-electron chi connectivity index (χ3n) is 4.30. The number of β-amino-alcohol motifs (C(OH)–C–C–N with tert-alkyl or cyclic N) is 1. The molecule has 0 aliphatic carbocycles. The first-order valence-corrected chi connectivity index (χ1v) is 7.64. The number of carbonyl (C=O) groups is 1. The van der Waals surface area contributed by atoms with Gasteiger partial charge >= 0.3 is 6.03 Å². The van der Waals surface area contributed by atoms with Gasteiger partial charge in [-0.1, -0.05) is 13.0 Å². The van der Waals surface area contributed by atoms with Gasteiger partial charge in [-0.05, 0) is 43.0 Å². The molecule has 0 radical (unpaired) electrons. The highest BCUT2D eigenvalue weighted by Crippen LogP contribution is 2.24. The molecule has 5 nitrogen and oxygen atoms in total. The molecule has 22 heavy (non-hydrogen) atoms. The van der Waals surface area contributed by atoms with E-state index in [1.54, 1.807) is 11.1 Å². The van der Waals surface area contributed by atoms with Crippen LogP contribution in [0, 0.1) is 12.8 Å². The van der Waals surface area contributed by atoms with E-state index in [1.165, 1.54) is 0 Å². The number of benzene rings is 1. The topological polar surface area (TPSA) is 65.5 Å². The SMILES string of the molecule is Cc1cc(NC(=O)N2CCC(C)C(O)C2)c2ncccc2c1. The van der Waals surface area contributed by atoms with Crippen LogP contribution in [0.5, 0.6) is 0 Å². The number of carbonyl (C=O) groups excluding carboxylic acids is 1. The highest BCUT2D eigenvalue weighted by atomic mass is 16.3. The predicted octanol–water partition coefficient (Wildman–Crippen LogP) is 2.78. The lowest BCUT2D eigenvalue weighted by Crippen LogP contribution is -2.47. The van der Waals surface area contributed by atoms with Crippen molar-refractivity contribution in [1.29, 1.82) is 0 Å². The molecule has 2 N–H and O–H groups in total. The normalized spacial score (nSPS) is 21.9. The van der Waals surface area contributed by atoms with Crippen LogP contribution in [0.4, 0.5) is 10.5 Å². The first-order chi connectivity index (χ1) is 10.5. The van der Waals surface area contributed by atoms with Crippen molar-refractivity contribution < 1.29 is 9.90 Å². The van der Waals surface area contributed by atoms with E-state index in [2.05, 4.69) is 10.3 Å². The Bertz CT molecular complexity index is 701. The van der Waals surface area contributed by atoms with E-state index in [-0.39, 0.29) is 11.9 Å². The standard InChI is InChI=1S/C17H21N3O2/c1-11-8-13-4-3-6-18-16(13)14(9-11)19-17(22)20-7-5-12(2)15(21)10-20/h3-4,6,8-9,12,15,21H,5,7,10H2,1-2H3,(H,19,22). The summed E-state index contributed by atoms with van der Waals surface area (Å²) in [4.78, 5) is 18.5. The maximum atomic E-state index is 12.5. The molecule has 1 aromatic heterocycles. The number of urea groups is 1. The van der Waals surface area contributed by atoms with Crippen molar-refractivity contribution >= 4 is 22.6 Å². The zero-order valence-corrected chi connectivity index (χ0v) is 12.9. The summed E-state index contributed by atoms with van der Waals surface area (Å²) >= 11 is 0. The number of hydrogen-bond donors (Lipinski definition) is 2.